The Bertz CT molecular complexity index is 1090. The minimum atomic E-state index is -4.36. The minimum absolute atomic E-state index is 0.137. The first-order valence-electron chi connectivity index (χ1n) is 11.3. The number of furan rings is 1. The average Bonchev–Trinajstić information content (AvgIpc) is 3.29. The van der Waals surface area contributed by atoms with Gasteiger partial charge in [0.15, 0.2) is 5.76 Å². The van der Waals surface area contributed by atoms with Crippen LogP contribution in [0.25, 0.3) is 0 Å². The molecule has 8 heteroatoms. The highest BCUT2D eigenvalue weighted by molar-refractivity contribution is 6.02. The fraction of sp³-hybridized carbons (Fsp3) is 0.346. The summed E-state index contributed by atoms with van der Waals surface area (Å²) in [6, 6.07) is 14.3. The number of amides is 1. The minimum Gasteiger partial charge on any atom is -0.455 e. The first kappa shape index (κ1) is 24.0. The molecule has 1 aliphatic rings. The molecule has 2 aromatic carbocycles. The molecule has 1 aliphatic carbocycles. The zero-order chi connectivity index (χ0) is 24.1. The Morgan fingerprint density at radius 3 is 2.24 bits per heavy atom. The van der Waals surface area contributed by atoms with Gasteiger partial charge < -0.3 is 9.73 Å². The fourth-order valence-electron chi connectivity index (χ4n) is 4.30. The molecule has 1 aromatic heterocycles. The van der Waals surface area contributed by atoms with Crippen LogP contribution in [0.5, 0.6) is 0 Å². The molecule has 0 radical (unpaired) electrons. The lowest BCUT2D eigenvalue weighted by Gasteiger charge is -2.34. The molecule has 1 amide bonds. The summed E-state index contributed by atoms with van der Waals surface area (Å²) in [5.74, 6) is -0.0989. The Morgan fingerprint density at radius 1 is 0.912 bits per heavy atom. The summed E-state index contributed by atoms with van der Waals surface area (Å²) in [6.07, 6.45) is 1.06. The molecule has 0 spiro atoms. The van der Waals surface area contributed by atoms with E-state index in [4.69, 9.17) is 4.42 Å². The van der Waals surface area contributed by atoms with Crippen LogP contribution in [0.3, 0.4) is 0 Å². The van der Waals surface area contributed by atoms with E-state index in [1.165, 1.54) is 42.8 Å². The molecular weight excluding hydrogens is 448 g/mol. The molecule has 4 rings (SSSR count). The maximum absolute atomic E-state index is 13.1. The fourth-order valence-corrected chi connectivity index (χ4v) is 4.30. The normalized spacial score (nSPS) is 15.0. The number of hydrogen-bond acceptors (Lipinski definition) is 3. The van der Waals surface area contributed by atoms with Gasteiger partial charge in [0, 0.05) is 18.3 Å². The van der Waals surface area contributed by atoms with E-state index in [9.17, 15) is 22.4 Å². The van der Waals surface area contributed by atoms with Crippen molar-refractivity contribution < 1.29 is 26.8 Å². The van der Waals surface area contributed by atoms with E-state index in [1.807, 2.05) is 0 Å². The summed E-state index contributed by atoms with van der Waals surface area (Å²) >= 11 is 0. The summed E-state index contributed by atoms with van der Waals surface area (Å²) in [5.41, 5.74) is 0.582. The van der Waals surface area contributed by atoms with Crippen molar-refractivity contribution in [3.63, 3.8) is 0 Å². The number of alkyl halides is 3. The molecule has 1 saturated carbocycles. The number of anilines is 1. The van der Waals surface area contributed by atoms with Crippen molar-refractivity contribution in [1.29, 1.82) is 0 Å². The lowest BCUT2D eigenvalue weighted by atomic mass is 9.93. The SMILES string of the molecule is O=C(Nc1ccc(F)cc1)c1ccc(CN(Cc2ccc(C(F)(F)F)cc2)C2CCCCC2)o1. The number of nitrogens with one attached hydrogen (secondary N) is 1. The molecule has 0 atom stereocenters. The Labute approximate surface area is 195 Å². The second-order valence-corrected chi connectivity index (χ2v) is 8.62. The van der Waals surface area contributed by atoms with Crippen LogP contribution in [0.1, 0.15) is 59.5 Å². The van der Waals surface area contributed by atoms with Crippen molar-refractivity contribution in [2.45, 2.75) is 57.4 Å². The zero-order valence-corrected chi connectivity index (χ0v) is 18.6. The molecule has 0 unspecified atom stereocenters. The summed E-state index contributed by atoms with van der Waals surface area (Å²) < 4.78 is 57.6. The van der Waals surface area contributed by atoms with Gasteiger partial charge in [-0.3, -0.25) is 9.69 Å². The number of halogens is 4. The highest BCUT2D eigenvalue weighted by Gasteiger charge is 2.30. The molecule has 34 heavy (non-hydrogen) atoms. The van der Waals surface area contributed by atoms with Crippen molar-refractivity contribution in [1.82, 2.24) is 4.90 Å². The van der Waals surface area contributed by atoms with E-state index in [2.05, 4.69) is 10.2 Å². The number of carbonyl (C=O) groups excluding carboxylic acids is 1. The Balaban J connectivity index is 1.45. The third-order valence-electron chi connectivity index (χ3n) is 6.10. The Morgan fingerprint density at radius 2 is 1.59 bits per heavy atom. The molecule has 1 fully saturated rings. The van der Waals surface area contributed by atoms with Gasteiger partial charge in [-0.2, -0.15) is 13.2 Å². The predicted molar refractivity (Wildman–Crippen MR) is 121 cm³/mol. The molecule has 0 bridgehead atoms. The highest BCUT2D eigenvalue weighted by Crippen LogP contribution is 2.30. The van der Waals surface area contributed by atoms with Gasteiger partial charge in [0.25, 0.3) is 5.91 Å². The van der Waals surface area contributed by atoms with Crippen LogP contribution in [-0.4, -0.2) is 16.8 Å². The average molecular weight is 474 g/mol. The Kier molecular flexibility index (Phi) is 7.36. The molecule has 0 aliphatic heterocycles. The lowest BCUT2D eigenvalue weighted by molar-refractivity contribution is -0.137. The number of carbonyl (C=O) groups is 1. The molecule has 0 saturated heterocycles. The van der Waals surface area contributed by atoms with Crippen molar-refractivity contribution in [3.8, 4) is 0 Å². The van der Waals surface area contributed by atoms with E-state index in [0.29, 0.717) is 24.5 Å². The van der Waals surface area contributed by atoms with Crippen LogP contribution in [-0.2, 0) is 19.3 Å². The lowest BCUT2D eigenvalue weighted by Crippen LogP contribution is -2.35. The largest absolute Gasteiger partial charge is 0.455 e. The quantitative estimate of drug-likeness (QED) is 0.374. The van der Waals surface area contributed by atoms with Crippen molar-refractivity contribution in [3.05, 3.63) is 89.1 Å². The maximum atomic E-state index is 13.1. The van der Waals surface area contributed by atoms with Crippen LogP contribution < -0.4 is 5.32 Å². The van der Waals surface area contributed by atoms with Crippen LogP contribution >= 0.6 is 0 Å². The van der Waals surface area contributed by atoms with Crippen molar-refractivity contribution in [2.75, 3.05) is 5.32 Å². The van der Waals surface area contributed by atoms with Gasteiger partial charge in [-0.25, -0.2) is 4.39 Å². The monoisotopic (exact) mass is 474 g/mol. The second-order valence-electron chi connectivity index (χ2n) is 8.62. The van der Waals surface area contributed by atoms with Gasteiger partial charge >= 0.3 is 6.18 Å². The summed E-state index contributed by atoms with van der Waals surface area (Å²) in [7, 11) is 0. The molecule has 1 heterocycles. The van der Waals surface area contributed by atoms with Gasteiger partial charge in [-0.1, -0.05) is 31.4 Å². The molecule has 1 N–H and O–H groups in total. The van der Waals surface area contributed by atoms with Crippen LogP contribution in [0.2, 0.25) is 0 Å². The standard InChI is InChI=1S/C26H26F4N2O2/c27-20-10-12-21(13-11-20)31-25(33)24-15-14-23(34-24)17-32(22-4-2-1-3-5-22)16-18-6-8-19(9-7-18)26(28,29)30/h6-15,22H,1-5,16-17H2,(H,31,33). The molecule has 4 nitrogen and oxygen atoms in total. The second kappa shape index (κ2) is 10.4. The van der Waals surface area contributed by atoms with E-state index in [0.717, 1.165) is 43.4 Å². The molecule has 3 aromatic rings. The Hall–Kier alpha value is -3.13. The van der Waals surface area contributed by atoms with Crippen LogP contribution in [0.15, 0.2) is 65.1 Å². The number of nitrogens with zero attached hydrogens (tertiary/aromatic N) is 1. The van der Waals surface area contributed by atoms with Gasteiger partial charge in [0.2, 0.25) is 0 Å². The van der Waals surface area contributed by atoms with E-state index >= 15 is 0 Å². The predicted octanol–water partition coefficient (Wildman–Crippen LogP) is 7.02. The van der Waals surface area contributed by atoms with Crippen molar-refractivity contribution >= 4 is 11.6 Å². The third kappa shape index (κ3) is 6.26. The highest BCUT2D eigenvalue weighted by atomic mass is 19.4. The van der Waals surface area contributed by atoms with Gasteiger partial charge in [-0.05, 0) is 66.9 Å². The van der Waals surface area contributed by atoms with Crippen LogP contribution in [0.4, 0.5) is 23.2 Å². The van der Waals surface area contributed by atoms with E-state index < -0.39 is 23.5 Å². The third-order valence-corrected chi connectivity index (χ3v) is 6.10. The zero-order valence-electron chi connectivity index (χ0n) is 18.6. The summed E-state index contributed by atoms with van der Waals surface area (Å²) in [4.78, 5) is 14.7. The molecule has 180 valence electrons. The maximum Gasteiger partial charge on any atom is 0.416 e. The summed E-state index contributed by atoms with van der Waals surface area (Å²) in [5, 5.41) is 2.67. The number of rotatable bonds is 7. The van der Waals surface area contributed by atoms with Gasteiger partial charge in [0.1, 0.15) is 11.6 Å². The smallest absolute Gasteiger partial charge is 0.416 e. The first-order valence-corrected chi connectivity index (χ1v) is 11.3. The van der Waals surface area contributed by atoms with Crippen LogP contribution in [0, 0.1) is 5.82 Å². The van der Waals surface area contributed by atoms with E-state index in [1.54, 1.807) is 12.1 Å². The topological polar surface area (TPSA) is 45.5 Å². The summed E-state index contributed by atoms with van der Waals surface area (Å²) in [6.45, 7) is 0.927. The first-order chi connectivity index (χ1) is 16.3. The number of hydrogen-bond donors (Lipinski definition) is 1. The van der Waals surface area contributed by atoms with Gasteiger partial charge in [0.05, 0.1) is 12.1 Å². The van der Waals surface area contributed by atoms with E-state index in [-0.39, 0.29) is 11.8 Å². The van der Waals surface area contributed by atoms with Crippen molar-refractivity contribution in [2.24, 2.45) is 0 Å². The molecular formula is C26H26F4N2O2. The van der Waals surface area contributed by atoms with Gasteiger partial charge in [-0.15, -0.1) is 0 Å². The number of benzene rings is 2.